The van der Waals surface area contributed by atoms with Gasteiger partial charge in [0.2, 0.25) is 0 Å². The first kappa shape index (κ1) is 13.6. The summed E-state index contributed by atoms with van der Waals surface area (Å²) in [5.41, 5.74) is 0.404. The molecule has 0 aromatic rings. The molecular formula is C15H24O3. The third-order valence-corrected chi connectivity index (χ3v) is 4.81. The maximum atomic E-state index is 12.1. The van der Waals surface area contributed by atoms with Crippen LogP contribution in [-0.2, 0) is 9.53 Å². The summed E-state index contributed by atoms with van der Waals surface area (Å²) < 4.78 is 5.78. The van der Waals surface area contributed by atoms with E-state index >= 15 is 0 Å². The number of carbonyl (C=O) groups excluding carboxylic acids is 1. The van der Waals surface area contributed by atoms with Crippen molar-refractivity contribution in [1.29, 1.82) is 0 Å². The number of ether oxygens (including phenoxy) is 1. The topological polar surface area (TPSA) is 46.5 Å². The molecule has 1 spiro atoms. The lowest BCUT2D eigenvalue weighted by Crippen LogP contribution is -2.41. The van der Waals surface area contributed by atoms with Crippen LogP contribution in [0.15, 0.2) is 12.2 Å². The quantitative estimate of drug-likeness (QED) is 0.607. The van der Waals surface area contributed by atoms with Gasteiger partial charge in [-0.1, -0.05) is 32.9 Å². The predicted molar refractivity (Wildman–Crippen MR) is 69.9 cm³/mol. The SMILES string of the molecule is C=C(C)[C@H]1C(O)C[C@@H](C)[C@]12C[C@@H](C(C)C)C(=O)O2. The number of aliphatic hydroxyl groups is 1. The smallest absolute Gasteiger partial charge is 0.309 e. The molecule has 1 aliphatic carbocycles. The third kappa shape index (κ3) is 1.80. The van der Waals surface area contributed by atoms with Gasteiger partial charge in [-0.2, -0.15) is 0 Å². The Hall–Kier alpha value is -0.830. The van der Waals surface area contributed by atoms with Crippen molar-refractivity contribution in [3.8, 4) is 0 Å². The van der Waals surface area contributed by atoms with Crippen molar-refractivity contribution in [3.63, 3.8) is 0 Å². The Kier molecular flexibility index (Phi) is 3.30. The van der Waals surface area contributed by atoms with E-state index in [0.717, 1.165) is 12.0 Å². The summed E-state index contributed by atoms with van der Waals surface area (Å²) in [6.45, 7) is 12.1. The van der Waals surface area contributed by atoms with Gasteiger partial charge in [-0.3, -0.25) is 4.79 Å². The first-order chi connectivity index (χ1) is 8.29. The van der Waals surface area contributed by atoms with Crippen molar-refractivity contribution in [2.45, 2.75) is 52.2 Å². The summed E-state index contributed by atoms with van der Waals surface area (Å²) in [7, 11) is 0. The van der Waals surface area contributed by atoms with Crippen LogP contribution in [0.2, 0.25) is 0 Å². The van der Waals surface area contributed by atoms with Crippen molar-refractivity contribution in [3.05, 3.63) is 12.2 Å². The van der Waals surface area contributed by atoms with Crippen LogP contribution < -0.4 is 0 Å². The largest absolute Gasteiger partial charge is 0.458 e. The summed E-state index contributed by atoms with van der Waals surface area (Å²) in [6.07, 6.45) is 0.978. The van der Waals surface area contributed by atoms with E-state index in [9.17, 15) is 9.90 Å². The van der Waals surface area contributed by atoms with Gasteiger partial charge in [0.25, 0.3) is 0 Å². The Morgan fingerprint density at radius 3 is 2.61 bits per heavy atom. The molecule has 0 amide bonds. The van der Waals surface area contributed by atoms with Gasteiger partial charge in [0, 0.05) is 12.3 Å². The van der Waals surface area contributed by atoms with Crippen molar-refractivity contribution in [1.82, 2.24) is 0 Å². The van der Waals surface area contributed by atoms with E-state index in [-0.39, 0.29) is 29.6 Å². The minimum Gasteiger partial charge on any atom is -0.458 e. The average molecular weight is 252 g/mol. The first-order valence-electron chi connectivity index (χ1n) is 6.86. The highest BCUT2D eigenvalue weighted by molar-refractivity contribution is 5.76. The van der Waals surface area contributed by atoms with Gasteiger partial charge < -0.3 is 9.84 Å². The fraction of sp³-hybridized carbons (Fsp3) is 0.800. The van der Waals surface area contributed by atoms with Crippen molar-refractivity contribution in [2.75, 3.05) is 0 Å². The molecule has 0 bridgehead atoms. The van der Waals surface area contributed by atoms with Crippen LogP contribution in [0, 0.1) is 23.7 Å². The highest BCUT2D eigenvalue weighted by Crippen LogP contribution is 2.54. The normalized spacial score (nSPS) is 43.8. The third-order valence-electron chi connectivity index (χ3n) is 4.81. The summed E-state index contributed by atoms with van der Waals surface area (Å²) in [6, 6.07) is 0. The molecule has 1 unspecified atom stereocenters. The molecule has 1 aliphatic heterocycles. The summed E-state index contributed by atoms with van der Waals surface area (Å²) in [4.78, 5) is 12.1. The Bertz CT molecular complexity index is 374. The van der Waals surface area contributed by atoms with Crippen LogP contribution in [0.3, 0.4) is 0 Å². The lowest BCUT2D eigenvalue weighted by molar-refractivity contribution is -0.156. The number of hydrogen-bond donors (Lipinski definition) is 1. The van der Waals surface area contributed by atoms with E-state index in [1.807, 2.05) is 6.92 Å². The average Bonchev–Trinajstić information content (AvgIpc) is 2.67. The van der Waals surface area contributed by atoms with Crippen LogP contribution in [-0.4, -0.2) is 22.8 Å². The minimum atomic E-state index is -0.517. The van der Waals surface area contributed by atoms with Crippen molar-refractivity contribution < 1.29 is 14.6 Å². The van der Waals surface area contributed by atoms with Gasteiger partial charge in [0.05, 0.1) is 12.0 Å². The molecule has 1 saturated heterocycles. The van der Waals surface area contributed by atoms with Gasteiger partial charge >= 0.3 is 5.97 Å². The maximum absolute atomic E-state index is 12.1. The zero-order valence-electron chi connectivity index (χ0n) is 11.8. The zero-order chi connectivity index (χ0) is 13.7. The molecule has 2 aliphatic rings. The molecule has 102 valence electrons. The summed E-state index contributed by atoms with van der Waals surface area (Å²) in [5, 5.41) is 10.2. The van der Waals surface area contributed by atoms with Gasteiger partial charge in [-0.15, -0.1) is 0 Å². The van der Waals surface area contributed by atoms with Gasteiger partial charge in [-0.05, 0) is 25.2 Å². The number of carbonyl (C=O) groups is 1. The van der Waals surface area contributed by atoms with Crippen LogP contribution in [0.25, 0.3) is 0 Å². The molecule has 1 heterocycles. The molecule has 5 atom stereocenters. The standard InChI is InChI=1S/C15H24O3/c1-8(2)11-7-15(18-14(11)17)10(5)6-12(16)13(15)9(3)4/h8,10-13,16H,3,6-7H2,1-2,4-5H3/t10-,11+,12?,13+,15-/m1/s1. The van der Waals surface area contributed by atoms with E-state index in [0.29, 0.717) is 6.42 Å². The van der Waals surface area contributed by atoms with Crippen LogP contribution >= 0.6 is 0 Å². The number of hydrogen-bond acceptors (Lipinski definition) is 3. The number of aliphatic hydroxyl groups excluding tert-OH is 1. The molecule has 1 N–H and O–H groups in total. The molecule has 0 aromatic heterocycles. The van der Waals surface area contributed by atoms with E-state index < -0.39 is 11.7 Å². The molecular weight excluding hydrogens is 228 g/mol. The van der Waals surface area contributed by atoms with Gasteiger partial charge in [-0.25, -0.2) is 0 Å². The fourth-order valence-electron chi connectivity index (χ4n) is 3.81. The molecule has 2 rings (SSSR count). The second-order valence-electron chi connectivity index (χ2n) is 6.46. The Balaban J connectivity index is 2.35. The molecule has 0 radical (unpaired) electrons. The van der Waals surface area contributed by atoms with E-state index in [2.05, 4.69) is 27.4 Å². The van der Waals surface area contributed by atoms with E-state index in [1.165, 1.54) is 0 Å². The predicted octanol–water partition coefficient (Wildman–Crippen LogP) is 2.54. The van der Waals surface area contributed by atoms with E-state index in [4.69, 9.17) is 4.74 Å². The molecule has 3 heteroatoms. The second kappa shape index (κ2) is 4.37. The molecule has 3 nitrogen and oxygen atoms in total. The molecule has 0 aromatic carbocycles. The number of rotatable bonds is 2. The molecule has 1 saturated carbocycles. The first-order valence-corrected chi connectivity index (χ1v) is 6.86. The monoisotopic (exact) mass is 252 g/mol. The lowest BCUT2D eigenvalue weighted by atomic mass is 9.75. The summed E-state index contributed by atoms with van der Waals surface area (Å²) >= 11 is 0. The molecule has 18 heavy (non-hydrogen) atoms. The van der Waals surface area contributed by atoms with Crippen molar-refractivity contribution >= 4 is 5.97 Å². The van der Waals surface area contributed by atoms with Crippen LogP contribution in [0.5, 0.6) is 0 Å². The molecule has 2 fully saturated rings. The van der Waals surface area contributed by atoms with Crippen LogP contribution in [0.4, 0.5) is 0 Å². The minimum absolute atomic E-state index is 0.0420. The fourth-order valence-corrected chi connectivity index (χ4v) is 3.81. The second-order valence-corrected chi connectivity index (χ2v) is 6.46. The highest BCUT2D eigenvalue weighted by atomic mass is 16.6. The Morgan fingerprint density at radius 2 is 2.17 bits per heavy atom. The number of esters is 1. The van der Waals surface area contributed by atoms with Crippen LogP contribution in [0.1, 0.15) is 40.5 Å². The van der Waals surface area contributed by atoms with E-state index in [1.54, 1.807) is 0 Å². The van der Waals surface area contributed by atoms with Crippen molar-refractivity contribution in [2.24, 2.45) is 23.7 Å². The Labute approximate surface area is 109 Å². The highest BCUT2D eigenvalue weighted by Gasteiger charge is 2.61. The maximum Gasteiger partial charge on any atom is 0.309 e. The Morgan fingerprint density at radius 1 is 1.56 bits per heavy atom. The van der Waals surface area contributed by atoms with Gasteiger partial charge in [0.1, 0.15) is 5.60 Å². The zero-order valence-corrected chi connectivity index (χ0v) is 11.8. The lowest BCUT2D eigenvalue weighted by Gasteiger charge is -2.34. The van der Waals surface area contributed by atoms with Gasteiger partial charge in [0.15, 0.2) is 0 Å². The summed E-state index contributed by atoms with van der Waals surface area (Å²) in [5.74, 6) is 0.228.